The van der Waals surface area contributed by atoms with Crippen LogP contribution >= 0.6 is 0 Å². The molecule has 0 bridgehead atoms. The highest BCUT2D eigenvalue weighted by Gasteiger charge is 2.26. The molecule has 1 aliphatic carbocycles. The minimum atomic E-state index is 0.206. The van der Waals surface area contributed by atoms with E-state index in [0.717, 1.165) is 6.42 Å². The van der Waals surface area contributed by atoms with Crippen LogP contribution < -0.4 is 0 Å². The molecule has 0 nitrogen and oxygen atoms in total. The summed E-state index contributed by atoms with van der Waals surface area (Å²) in [6.07, 6.45) is 5.94. The average Bonchev–Trinajstić information content (AvgIpc) is 2.95. The van der Waals surface area contributed by atoms with E-state index >= 15 is 0 Å². The minimum absolute atomic E-state index is 0.206. The van der Waals surface area contributed by atoms with Crippen molar-refractivity contribution in [2.75, 3.05) is 0 Å². The van der Waals surface area contributed by atoms with Crippen LogP contribution in [0.2, 0.25) is 0 Å². The number of hydrogen-bond acceptors (Lipinski definition) is 0. The van der Waals surface area contributed by atoms with Gasteiger partial charge in [-0.1, -0.05) is 97.1 Å². The summed E-state index contributed by atoms with van der Waals surface area (Å²) in [6.45, 7) is 15.7. The molecule has 3 rings (SSSR count). The van der Waals surface area contributed by atoms with Gasteiger partial charge in [0.05, 0.1) is 0 Å². The van der Waals surface area contributed by atoms with Crippen LogP contribution in [0.1, 0.15) is 66.5 Å². The molecule has 0 heteroatoms. The predicted octanol–water partition coefficient (Wildman–Crippen LogP) is 7.35. The topological polar surface area (TPSA) is 0 Å². The van der Waals surface area contributed by atoms with Crippen LogP contribution in [0.5, 0.6) is 0 Å². The Morgan fingerprint density at radius 1 is 0.692 bits per heavy atom. The van der Waals surface area contributed by atoms with E-state index < -0.39 is 0 Å². The minimum Gasteiger partial charge on any atom is -0.0767 e. The first kappa shape index (κ1) is 18.7. The third-order valence-electron chi connectivity index (χ3n) is 5.29. The van der Waals surface area contributed by atoms with Crippen molar-refractivity contribution in [1.29, 1.82) is 0 Å². The van der Waals surface area contributed by atoms with Crippen LogP contribution in [0.15, 0.2) is 59.7 Å². The summed E-state index contributed by atoms with van der Waals surface area (Å²) in [7, 11) is 0. The van der Waals surface area contributed by atoms with Gasteiger partial charge in [-0.05, 0) is 56.2 Å². The molecule has 0 aliphatic heterocycles. The van der Waals surface area contributed by atoms with Gasteiger partial charge in [0.15, 0.2) is 0 Å². The third kappa shape index (κ3) is 4.01. The van der Waals surface area contributed by atoms with Crippen LogP contribution in [0.3, 0.4) is 0 Å². The van der Waals surface area contributed by atoms with Gasteiger partial charge in [-0.2, -0.15) is 0 Å². The zero-order valence-electron chi connectivity index (χ0n) is 17.4. The molecule has 0 saturated heterocycles. The average molecular weight is 345 g/mol. The van der Waals surface area contributed by atoms with Crippen LogP contribution in [0.4, 0.5) is 0 Å². The highest BCUT2D eigenvalue weighted by Crippen LogP contribution is 2.42. The maximum Gasteiger partial charge on any atom is 0.0305 e. The monoisotopic (exact) mass is 344 g/mol. The fraction of sp³-hybridized carbons (Fsp3) is 0.385. The second-order valence-electron chi connectivity index (χ2n) is 9.11. The summed E-state index contributed by atoms with van der Waals surface area (Å²) >= 11 is 0. The molecule has 2 aromatic rings. The fourth-order valence-electron chi connectivity index (χ4n) is 4.24. The molecule has 26 heavy (non-hydrogen) atoms. The largest absolute Gasteiger partial charge is 0.0767 e. The summed E-state index contributed by atoms with van der Waals surface area (Å²) in [6, 6.07) is 14.0. The lowest BCUT2D eigenvalue weighted by Gasteiger charge is -2.23. The van der Waals surface area contributed by atoms with E-state index in [1.54, 1.807) is 0 Å². The quantitative estimate of drug-likeness (QED) is 0.546. The van der Waals surface area contributed by atoms with Crippen molar-refractivity contribution in [1.82, 2.24) is 0 Å². The Labute approximate surface area is 159 Å². The first-order valence-corrected chi connectivity index (χ1v) is 9.71. The molecule has 0 heterocycles. The molecular weight excluding hydrogens is 312 g/mol. The molecule has 2 aromatic carbocycles. The zero-order chi connectivity index (χ0) is 19.1. The van der Waals surface area contributed by atoms with Crippen molar-refractivity contribution < 1.29 is 0 Å². The summed E-state index contributed by atoms with van der Waals surface area (Å²) in [5, 5.41) is 0. The van der Waals surface area contributed by atoms with Gasteiger partial charge in [0.2, 0.25) is 0 Å². The summed E-state index contributed by atoms with van der Waals surface area (Å²) in [5.41, 5.74) is 11.4. The van der Waals surface area contributed by atoms with E-state index in [4.69, 9.17) is 0 Å². The van der Waals surface area contributed by atoms with Crippen molar-refractivity contribution in [2.45, 2.75) is 60.8 Å². The van der Waals surface area contributed by atoms with E-state index in [1.807, 2.05) is 0 Å². The molecule has 0 radical (unpaired) electrons. The van der Waals surface area contributed by atoms with Gasteiger partial charge in [-0.3, -0.25) is 0 Å². The zero-order valence-corrected chi connectivity index (χ0v) is 17.4. The van der Waals surface area contributed by atoms with Gasteiger partial charge in [0, 0.05) is 5.92 Å². The highest BCUT2D eigenvalue weighted by molar-refractivity contribution is 5.50. The standard InChI is InChI=1S/C26H32/c1-17-10-18(2)13-22(12-17)25(23-14-19(3)11-20(4)15-23)21-8-9-24(16-21)26(5,6)7/h9-16,25H,8H2,1-7H3. The smallest absolute Gasteiger partial charge is 0.0305 e. The number of benzene rings is 2. The second kappa shape index (κ2) is 6.91. The van der Waals surface area contributed by atoms with Crippen molar-refractivity contribution in [3.8, 4) is 0 Å². The van der Waals surface area contributed by atoms with Crippen molar-refractivity contribution in [3.63, 3.8) is 0 Å². The molecule has 0 spiro atoms. The number of aryl methyl sites for hydroxylation is 4. The highest BCUT2D eigenvalue weighted by atomic mass is 14.3. The van der Waals surface area contributed by atoms with Crippen LogP contribution in [-0.4, -0.2) is 0 Å². The Morgan fingerprint density at radius 2 is 1.12 bits per heavy atom. The molecule has 0 aromatic heterocycles. The Bertz CT molecular complexity index is 793. The van der Waals surface area contributed by atoms with E-state index in [2.05, 4.69) is 97.0 Å². The molecule has 0 amide bonds. The van der Waals surface area contributed by atoms with E-state index in [0.29, 0.717) is 5.92 Å². The SMILES string of the molecule is Cc1cc(C)cc(C(C2=CC(C(C)(C)C)=CC2)c2cc(C)cc(C)c2)c1. The molecule has 0 unspecified atom stereocenters. The van der Waals surface area contributed by atoms with E-state index in [-0.39, 0.29) is 5.41 Å². The normalized spacial score (nSPS) is 14.6. The molecule has 0 atom stereocenters. The number of rotatable bonds is 3. The lowest BCUT2D eigenvalue weighted by atomic mass is 9.81. The first-order chi connectivity index (χ1) is 12.1. The van der Waals surface area contributed by atoms with Gasteiger partial charge in [-0.25, -0.2) is 0 Å². The number of hydrogen-bond donors (Lipinski definition) is 0. The van der Waals surface area contributed by atoms with Crippen LogP contribution in [0, 0.1) is 33.1 Å². The Kier molecular flexibility index (Phi) is 4.97. The number of allylic oxidation sites excluding steroid dienone is 4. The van der Waals surface area contributed by atoms with E-state index in [9.17, 15) is 0 Å². The fourth-order valence-corrected chi connectivity index (χ4v) is 4.24. The van der Waals surface area contributed by atoms with Gasteiger partial charge < -0.3 is 0 Å². The molecular formula is C26H32. The Hall–Kier alpha value is -2.08. The van der Waals surface area contributed by atoms with Gasteiger partial charge in [0.1, 0.15) is 0 Å². The molecule has 0 N–H and O–H groups in total. The van der Waals surface area contributed by atoms with Crippen molar-refractivity contribution in [2.24, 2.45) is 5.41 Å². The summed E-state index contributed by atoms with van der Waals surface area (Å²) < 4.78 is 0. The van der Waals surface area contributed by atoms with E-state index in [1.165, 1.54) is 44.5 Å². The Morgan fingerprint density at radius 3 is 1.46 bits per heavy atom. The van der Waals surface area contributed by atoms with Crippen molar-refractivity contribution >= 4 is 0 Å². The van der Waals surface area contributed by atoms with Gasteiger partial charge in [0.25, 0.3) is 0 Å². The summed E-state index contributed by atoms with van der Waals surface area (Å²) in [5.74, 6) is 0.336. The molecule has 136 valence electrons. The summed E-state index contributed by atoms with van der Waals surface area (Å²) in [4.78, 5) is 0. The molecule has 0 fully saturated rings. The second-order valence-corrected chi connectivity index (χ2v) is 9.11. The molecule has 0 saturated carbocycles. The lowest BCUT2D eigenvalue weighted by molar-refractivity contribution is 0.517. The lowest BCUT2D eigenvalue weighted by Crippen LogP contribution is -2.08. The van der Waals surface area contributed by atoms with Crippen LogP contribution in [-0.2, 0) is 0 Å². The first-order valence-electron chi connectivity index (χ1n) is 9.71. The van der Waals surface area contributed by atoms with Crippen molar-refractivity contribution in [3.05, 3.63) is 93.1 Å². The van der Waals surface area contributed by atoms with Gasteiger partial charge >= 0.3 is 0 Å². The van der Waals surface area contributed by atoms with Crippen LogP contribution in [0.25, 0.3) is 0 Å². The maximum absolute atomic E-state index is 2.46. The Balaban J connectivity index is 2.14. The predicted molar refractivity (Wildman–Crippen MR) is 114 cm³/mol. The third-order valence-corrected chi connectivity index (χ3v) is 5.29. The maximum atomic E-state index is 2.46. The molecule has 1 aliphatic rings. The van der Waals surface area contributed by atoms with Gasteiger partial charge in [-0.15, -0.1) is 0 Å².